The minimum Gasteiger partial charge on any atom is -0.494 e. The van der Waals surface area contributed by atoms with E-state index in [0.29, 0.717) is 0 Å². The molecule has 2 rings (SSSR count). The van der Waals surface area contributed by atoms with Gasteiger partial charge in [0.05, 0.1) is 18.5 Å². The molecule has 1 aromatic heterocycles. The predicted octanol–water partition coefficient (Wildman–Crippen LogP) is 4.18. The number of hydrogen-bond donors (Lipinski definition) is 1. The van der Waals surface area contributed by atoms with Crippen LogP contribution >= 0.6 is 0 Å². The molecule has 0 fully saturated rings. The summed E-state index contributed by atoms with van der Waals surface area (Å²) in [5.41, 5.74) is 1.93. The van der Waals surface area contributed by atoms with Crippen molar-refractivity contribution < 1.29 is 9.13 Å². The molecule has 0 aliphatic carbocycles. The number of nitrogens with one attached hydrogen (secondary N) is 1. The molecule has 4 heteroatoms. The van der Waals surface area contributed by atoms with Crippen LogP contribution in [0, 0.1) is 5.95 Å². The van der Waals surface area contributed by atoms with Crippen LogP contribution in [0.5, 0.6) is 5.75 Å². The fraction of sp³-hybridized carbons (Fsp3) is 0.312. The summed E-state index contributed by atoms with van der Waals surface area (Å²) in [6.45, 7) is 4.86. The fourth-order valence-corrected chi connectivity index (χ4v) is 1.87. The van der Waals surface area contributed by atoms with Gasteiger partial charge < -0.3 is 10.1 Å². The van der Waals surface area contributed by atoms with Crippen molar-refractivity contribution in [3.05, 3.63) is 54.1 Å². The molecule has 1 heterocycles. The van der Waals surface area contributed by atoms with E-state index in [1.54, 1.807) is 6.07 Å². The van der Waals surface area contributed by atoms with Crippen molar-refractivity contribution in [1.29, 1.82) is 0 Å². The molecule has 0 amide bonds. The molecule has 1 aromatic carbocycles. The molecule has 0 radical (unpaired) electrons. The molecule has 20 heavy (non-hydrogen) atoms. The zero-order valence-electron chi connectivity index (χ0n) is 11.8. The summed E-state index contributed by atoms with van der Waals surface area (Å²) < 4.78 is 18.3. The van der Waals surface area contributed by atoms with E-state index in [-0.39, 0.29) is 6.04 Å². The number of anilines is 1. The maximum absolute atomic E-state index is 12.7. The molecule has 106 valence electrons. The number of nitrogens with zero attached hydrogens (tertiary/aromatic N) is 1. The SMILES string of the molecule is CCCOc1ccc(C(C)Nc2ccc(F)nc2)cc1. The van der Waals surface area contributed by atoms with Gasteiger partial charge in [0, 0.05) is 6.04 Å². The molecule has 3 nitrogen and oxygen atoms in total. The van der Waals surface area contributed by atoms with E-state index in [1.807, 2.05) is 31.2 Å². The second-order valence-corrected chi connectivity index (χ2v) is 4.65. The van der Waals surface area contributed by atoms with Crippen molar-refractivity contribution in [3.8, 4) is 5.75 Å². The molecule has 0 saturated heterocycles. The second-order valence-electron chi connectivity index (χ2n) is 4.65. The number of aromatic nitrogens is 1. The summed E-state index contributed by atoms with van der Waals surface area (Å²) in [5, 5.41) is 3.28. The number of rotatable bonds is 6. The first-order valence-electron chi connectivity index (χ1n) is 6.80. The van der Waals surface area contributed by atoms with Gasteiger partial charge in [0.2, 0.25) is 5.95 Å². The van der Waals surface area contributed by atoms with Gasteiger partial charge in [-0.05, 0) is 43.2 Å². The number of halogens is 1. The normalized spacial score (nSPS) is 11.9. The van der Waals surface area contributed by atoms with Crippen molar-refractivity contribution in [2.24, 2.45) is 0 Å². The van der Waals surface area contributed by atoms with E-state index in [2.05, 4.69) is 17.2 Å². The third kappa shape index (κ3) is 3.95. The minimum atomic E-state index is -0.472. The lowest BCUT2D eigenvalue weighted by Crippen LogP contribution is -2.07. The minimum absolute atomic E-state index is 0.113. The van der Waals surface area contributed by atoms with Gasteiger partial charge in [-0.3, -0.25) is 0 Å². The summed E-state index contributed by atoms with van der Waals surface area (Å²) in [7, 11) is 0. The Morgan fingerprint density at radius 1 is 1.20 bits per heavy atom. The highest BCUT2D eigenvalue weighted by Crippen LogP contribution is 2.21. The topological polar surface area (TPSA) is 34.1 Å². The number of hydrogen-bond acceptors (Lipinski definition) is 3. The summed E-state index contributed by atoms with van der Waals surface area (Å²) in [5.74, 6) is 0.409. The molecule has 0 aliphatic rings. The van der Waals surface area contributed by atoms with Crippen LogP contribution in [0.2, 0.25) is 0 Å². The van der Waals surface area contributed by atoms with E-state index in [9.17, 15) is 4.39 Å². The average Bonchev–Trinajstić information content (AvgIpc) is 2.48. The van der Waals surface area contributed by atoms with Crippen molar-refractivity contribution in [3.63, 3.8) is 0 Å². The highest BCUT2D eigenvalue weighted by molar-refractivity contribution is 5.43. The molecule has 2 aromatic rings. The van der Waals surface area contributed by atoms with E-state index in [4.69, 9.17) is 4.74 Å². The van der Waals surface area contributed by atoms with Crippen LogP contribution in [0.1, 0.15) is 31.9 Å². The Hall–Kier alpha value is -2.10. The number of benzene rings is 1. The quantitative estimate of drug-likeness (QED) is 0.802. The predicted molar refractivity (Wildman–Crippen MR) is 78.5 cm³/mol. The third-order valence-electron chi connectivity index (χ3n) is 2.96. The number of ether oxygens (including phenoxy) is 1. The zero-order valence-corrected chi connectivity index (χ0v) is 11.8. The Balaban J connectivity index is 1.98. The number of pyridine rings is 1. The van der Waals surface area contributed by atoms with Crippen LogP contribution < -0.4 is 10.1 Å². The van der Waals surface area contributed by atoms with Crippen LogP contribution in [0.3, 0.4) is 0 Å². The van der Waals surface area contributed by atoms with Crippen LogP contribution in [0.4, 0.5) is 10.1 Å². The van der Waals surface area contributed by atoms with Crippen LogP contribution in [0.25, 0.3) is 0 Å². The summed E-state index contributed by atoms with van der Waals surface area (Å²) in [6, 6.07) is 11.1. The zero-order chi connectivity index (χ0) is 14.4. The standard InChI is InChI=1S/C16H19FN2O/c1-3-10-20-15-7-4-13(5-8-15)12(2)19-14-6-9-16(17)18-11-14/h4-9,11-12,19H,3,10H2,1-2H3. The van der Waals surface area contributed by atoms with Gasteiger partial charge in [0.1, 0.15) is 5.75 Å². The van der Waals surface area contributed by atoms with Gasteiger partial charge in [0.15, 0.2) is 0 Å². The first kappa shape index (κ1) is 14.3. The molecule has 1 N–H and O–H groups in total. The van der Waals surface area contributed by atoms with Crippen molar-refractivity contribution in [1.82, 2.24) is 4.98 Å². The highest BCUT2D eigenvalue weighted by Gasteiger charge is 2.06. The second kappa shape index (κ2) is 6.89. The van der Waals surface area contributed by atoms with E-state index < -0.39 is 5.95 Å². The fourth-order valence-electron chi connectivity index (χ4n) is 1.87. The Morgan fingerprint density at radius 2 is 1.95 bits per heavy atom. The maximum Gasteiger partial charge on any atom is 0.212 e. The first-order chi connectivity index (χ1) is 9.69. The average molecular weight is 274 g/mol. The van der Waals surface area contributed by atoms with Gasteiger partial charge >= 0.3 is 0 Å². The van der Waals surface area contributed by atoms with Gasteiger partial charge in [0.25, 0.3) is 0 Å². The maximum atomic E-state index is 12.7. The largest absolute Gasteiger partial charge is 0.494 e. The lowest BCUT2D eigenvalue weighted by atomic mass is 10.1. The Labute approximate surface area is 118 Å². The highest BCUT2D eigenvalue weighted by atomic mass is 19.1. The lowest BCUT2D eigenvalue weighted by molar-refractivity contribution is 0.317. The Bertz CT molecular complexity index is 525. The monoisotopic (exact) mass is 274 g/mol. The molecule has 1 unspecified atom stereocenters. The van der Waals surface area contributed by atoms with Crippen molar-refractivity contribution >= 4 is 5.69 Å². The molecular formula is C16H19FN2O. The molecule has 0 spiro atoms. The smallest absolute Gasteiger partial charge is 0.212 e. The van der Waals surface area contributed by atoms with Crippen LogP contribution in [-0.4, -0.2) is 11.6 Å². The van der Waals surface area contributed by atoms with Crippen LogP contribution in [-0.2, 0) is 0 Å². The van der Waals surface area contributed by atoms with Gasteiger partial charge in [-0.1, -0.05) is 19.1 Å². The molecular weight excluding hydrogens is 255 g/mol. The van der Waals surface area contributed by atoms with E-state index >= 15 is 0 Å². The molecule has 0 saturated carbocycles. The molecule has 0 bridgehead atoms. The van der Waals surface area contributed by atoms with Crippen molar-refractivity contribution in [2.75, 3.05) is 11.9 Å². The van der Waals surface area contributed by atoms with Crippen LogP contribution in [0.15, 0.2) is 42.6 Å². The summed E-state index contributed by atoms with van der Waals surface area (Å²) >= 11 is 0. The van der Waals surface area contributed by atoms with E-state index in [1.165, 1.54) is 12.3 Å². The van der Waals surface area contributed by atoms with Gasteiger partial charge in [-0.15, -0.1) is 0 Å². The van der Waals surface area contributed by atoms with E-state index in [0.717, 1.165) is 30.0 Å². The van der Waals surface area contributed by atoms with Gasteiger partial charge in [-0.2, -0.15) is 4.39 Å². The first-order valence-corrected chi connectivity index (χ1v) is 6.80. The summed E-state index contributed by atoms with van der Waals surface area (Å²) in [6.07, 6.45) is 2.49. The van der Waals surface area contributed by atoms with Gasteiger partial charge in [-0.25, -0.2) is 4.98 Å². The summed E-state index contributed by atoms with van der Waals surface area (Å²) in [4.78, 5) is 3.62. The molecule has 1 atom stereocenters. The lowest BCUT2D eigenvalue weighted by Gasteiger charge is -2.16. The Morgan fingerprint density at radius 3 is 2.55 bits per heavy atom. The third-order valence-corrected chi connectivity index (χ3v) is 2.96. The molecule has 0 aliphatic heterocycles. The van der Waals surface area contributed by atoms with Crippen molar-refractivity contribution in [2.45, 2.75) is 26.3 Å². The Kier molecular flexibility index (Phi) is 4.93.